The Labute approximate surface area is 172 Å². The molecule has 0 fully saturated rings. The molecule has 2 aromatic carbocycles. The standard InChI is InChI=1S/C21H20N4O3S/c1-14-23-18(13-29-14)12-28-19-8-3-2-5-15(19)9-10-20(26)24-16-6-4-7-17(11-16)25-21(22)27/h2-11,13H,12H2,1H3,(H,24,26)(H3,22,25,27)/b10-9+. The molecular weight excluding hydrogens is 388 g/mol. The van der Waals surface area contributed by atoms with Gasteiger partial charge in [-0.15, -0.1) is 11.3 Å². The van der Waals surface area contributed by atoms with Gasteiger partial charge in [-0.25, -0.2) is 9.78 Å². The minimum atomic E-state index is -0.669. The van der Waals surface area contributed by atoms with Crippen molar-refractivity contribution >= 4 is 40.7 Å². The summed E-state index contributed by atoms with van der Waals surface area (Å²) in [6, 6.07) is 13.5. The zero-order valence-corrected chi connectivity index (χ0v) is 16.5. The van der Waals surface area contributed by atoms with Crippen LogP contribution in [0, 0.1) is 6.92 Å². The van der Waals surface area contributed by atoms with Crippen molar-refractivity contribution in [3.8, 4) is 5.75 Å². The van der Waals surface area contributed by atoms with Crippen molar-refractivity contribution in [2.45, 2.75) is 13.5 Å². The highest BCUT2D eigenvalue weighted by atomic mass is 32.1. The SMILES string of the molecule is Cc1nc(COc2ccccc2/C=C/C(=O)Nc2cccc(NC(N)=O)c2)cs1. The molecule has 148 valence electrons. The molecule has 8 heteroatoms. The summed E-state index contributed by atoms with van der Waals surface area (Å²) in [5.41, 5.74) is 7.78. The van der Waals surface area contributed by atoms with E-state index in [-0.39, 0.29) is 5.91 Å². The highest BCUT2D eigenvalue weighted by Crippen LogP contribution is 2.21. The lowest BCUT2D eigenvalue weighted by Gasteiger charge is -2.08. The Bertz CT molecular complexity index is 1050. The van der Waals surface area contributed by atoms with Gasteiger partial charge in [-0.3, -0.25) is 4.79 Å². The van der Waals surface area contributed by atoms with E-state index in [0.29, 0.717) is 23.7 Å². The molecule has 0 aliphatic heterocycles. The van der Waals surface area contributed by atoms with Gasteiger partial charge in [0.25, 0.3) is 0 Å². The van der Waals surface area contributed by atoms with Crippen LogP contribution in [-0.4, -0.2) is 16.9 Å². The molecule has 0 unspecified atom stereocenters. The number of nitrogens with one attached hydrogen (secondary N) is 2. The molecular formula is C21H20N4O3S. The molecule has 0 aliphatic carbocycles. The molecule has 0 spiro atoms. The van der Waals surface area contributed by atoms with Crippen molar-refractivity contribution in [3.63, 3.8) is 0 Å². The molecule has 29 heavy (non-hydrogen) atoms. The third-order valence-electron chi connectivity index (χ3n) is 3.77. The minimum absolute atomic E-state index is 0.314. The third-order valence-corrected chi connectivity index (χ3v) is 4.60. The van der Waals surface area contributed by atoms with Crippen LogP contribution in [0.2, 0.25) is 0 Å². The van der Waals surface area contributed by atoms with Crippen LogP contribution < -0.4 is 21.1 Å². The normalized spacial score (nSPS) is 10.7. The molecule has 3 rings (SSSR count). The van der Waals surface area contributed by atoms with Crippen LogP contribution in [0.1, 0.15) is 16.3 Å². The Kier molecular flexibility index (Phi) is 6.59. The van der Waals surface area contributed by atoms with Gasteiger partial charge in [0, 0.05) is 28.4 Å². The number of primary amides is 1. The first-order valence-electron chi connectivity index (χ1n) is 8.78. The molecule has 0 saturated heterocycles. The number of amides is 3. The molecule has 0 aliphatic rings. The lowest BCUT2D eigenvalue weighted by Crippen LogP contribution is -2.19. The highest BCUT2D eigenvalue weighted by molar-refractivity contribution is 7.09. The molecule has 0 bridgehead atoms. The van der Waals surface area contributed by atoms with Crippen LogP contribution in [0.15, 0.2) is 60.0 Å². The van der Waals surface area contributed by atoms with Crippen molar-refractivity contribution in [1.29, 1.82) is 0 Å². The van der Waals surface area contributed by atoms with Gasteiger partial charge in [0.15, 0.2) is 0 Å². The van der Waals surface area contributed by atoms with Crippen LogP contribution in [0.4, 0.5) is 16.2 Å². The topological polar surface area (TPSA) is 106 Å². The zero-order chi connectivity index (χ0) is 20.6. The average Bonchev–Trinajstić information content (AvgIpc) is 3.10. The zero-order valence-electron chi connectivity index (χ0n) is 15.7. The maximum absolute atomic E-state index is 12.3. The number of anilines is 2. The van der Waals surface area contributed by atoms with Crippen molar-refractivity contribution in [1.82, 2.24) is 4.98 Å². The number of ether oxygens (including phenoxy) is 1. The third kappa shape index (κ3) is 6.18. The van der Waals surface area contributed by atoms with Crippen molar-refractivity contribution in [3.05, 3.63) is 76.3 Å². The summed E-state index contributed by atoms with van der Waals surface area (Å²) >= 11 is 1.57. The average molecular weight is 408 g/mol. The first-order chi connectivity index (χ1) is 14.0. The van der Waals surface area contributed by atoms with Gasteiger partial charge in [-0.05, 0) is 37.3 Å². The van der Waals surface area contributed by atoms with Gasteiger partial charge in [0.2, 0.25) is 5.91 Å². The molecule has 3 aromatic rings. The number of urea groups is 1. The molecule has 0 saturated carbocycles. The summed E-state index contributed by atoms with van der Waals surface area (Å²) in [5, 5.41) is 8.15. The number of para-hydroxylation sites is 1. The van der Waals surface area contributed by atoms with E-state index in [2.05, 4.69) is 15.6 Å². The first kappa shape index (κ1) is 20.1. The maximum Gasteiger partial charge on any atom is 0.316 e. The summed E-state index contributed by atoms with van der Waals surface area (Å²) in [6.07, 6.45) is 3.10. The number of aryl methyl sites for hydroxylation is 1. The van der Waals surface area contributed by atoms with Crippen LogP contribution in [0.5, 0.6) is 5.75 Å². The molecule has 0 radical (unpaired) electrons. The van der Waals surface area contributed by atoms with E-state index >= 15 is 0 Å². The summed E-state index contributed by atoms with van der Waals surface area (Å²) in [6.45, 7) is 2.31. The molecule has 4 N–H and O–H groups in total. The van der Waals surface area contributed by atoms with Crippen LogP contribution in [0.3, 0.4) is 0 Å². The Balaban J connectivity index is 1.63. The number of hydrogen-bond donors (Lipinski definition) is 3. The number of nitrogens with zero attached hydrogens (tertiary/aromatic N) is 1. The Morgan fingerprint density at radius 2 is 1.90 bits per heavy atom. The van der Waals surface area contributed by atoms with Gasteiger partial charge < -0.3 is 21.1 Å². The van der Waals surface area contributed by atoms with Crippen LogP contribution in [0.25, 0.3) is 6.08 Å². The number of carbonyl (C=O) groups excluding carboxylic acids is 2. The number of hydrogen-bond acceptors (Lipinski definition) is 5. The van der Waals surface area contributed by atoms with Crippen LogP contribution in [-0.2, 0) is 11.4 Å². The predicted octanol–water partition coefficient (Wildman–Crippen LogP) is 4.17. The van der Waals surface area contributed by atoms with Gasteiger partial charge in [-0.1, -0.05) is 24.3 Å². The van der Waals surface area contributed by atoms with Gasteiger partial charge in [0.1, 0.15) is 12.4 Å². The summed E-state index contributed by atoms with van der Waals surface area (Å²) < 4.78 is 5.85. The van der Waals surface area contributed by atoms with E-state index in [0.717, 1.165) is 16.3 Å². The molecule has 0 atom stereocenters. The second kappa shape index (κ2) is 9.52. The lowest BCUT2D eigenvalue weighted by atomic mass is 10.2. The summed E-state index contributed by atoms with van der Waals surface area (Å²) in [7, 11) is 0. The van der Waals surface area contributed by atoms with E-state index in [4.69, 9.17) is 10.5 Å². The van der Waals surface area contributed by atoms with Crippen molar-refractivity contribution < 1.29 is 14.3 Å². The first-order valence-corrected chi connectivity index (χ1v) is 9.66. The van der Waals surface area contributed by atoms with Gasteiger partial charge in [-0.2, -0.15) is 0 Å². The fraction of sp³-hybridized carbons (Fsp3) is 0.0952. The fourth-order valence-corrected chi connectivity index (χ4v) is 3.14. The molecule has 7 nitrogen and oxygen atoms in total. The van der Waals surface area contributed by atoms with Gasteiger partial charge in [0.05, 0.1) is 10.7 Å². The van der Waals surface area contributed by atoms with Crippen molar-refractivity contribution in [2.24, 2.45) is 5.73 Å². The number of aromatic nitrogens is 1. The smallest absolute Gasteiger partial charge is 0.316 e. The Hall–Kier alpha value is -3.65. The van der Waals surface area contributed by atoms with E-state index in [9.17, 15) is 9.59 Å². The molecule has 1 heterocycles. The van der Waals surface area contributed by atoms with E-state index < -0.39 is 6.03 Å². The van der Waals surface area contributed by atoms with E-state index in [1.165, 1.54) is 6.08 Å². The van der Waals surface area contributed by atoms with Crippen LogP contribution >= 0.6 is 11.3 Å². The maximum atomic E-state index is 12.3. The number of benzene rings is 2. The summed E-state index contributed by atoms with van der Waals surface area (Å²) in [5.74, 6) is 0.348. The van der Waals surface area contributed by atoms with Crippen molar-refractivity contribution in [2.75, 3.05) is 10.6 Å². The second-order valence-corrected chi connectivity index (χ2v) is 7.14. The number of thiazole rings is 1. The fourth-order valence-electron chi connectivity index (χ4n) is 2.54. The van der Waals surface area contributed by atoms with E-state index in [1.807, 2.05) is 36.6 Å². The Morgan fingerprint density at radius 1 is 1.14 bits per heavy atom. The largest absolute Gasteiger partial charge is 0.487 e. The predicted molar refractivity (Wildman–Crippen MR) is 115 cm³/mol. The second-order valence-electron chi connectivity index (χ2n) is 6.08. The number of rotatable bonds is 7. The lowest BCUT2D eigenvalue weighted by molar-refractivity contribution is -0.111. The number of nitrogens with two attached hydrogens (primary N) is 1. The summed E-state index contributed by atoms with van der Waals surface area (Å²) in [4.78, 5) is 27.6. The highest BCUT2D eigenvalue weighted by Gasteiger charge is 2.05. The Morgan fingerprint density at radius 3 is 2.62 bits per heavy atom. The quantitative estimate of drug-likeness (QED) is 0.510. The minimum Gasteiger partial charge on any atom is -0.487 e. The molecule has 3 amide bonds. The van der Waals surface area contributed by atoms with Gasteiger partial charge >= 0.3 is 6.03 Å². The van der Waals surface area contributed by atoms with E-state index in [1.54, 1.807) is 41.7 Å². The molecule has 1 aromatic heterocycles. The monoisotopic (exact) mass is 408 g/mol. The number of carbonyl (C=O) groups is 2.